The number of halogens is 1. The van der Waals surface area contributed by atoms with Crippen molar-refractivity contribution in [1.82, 2.24) is 20.3 Å². The van der Waals surface area contributed by atoms with Crippen molar-refractivity contribution in [3.8, 4) is 0 Å². The van der Waals surface area contributed by atoms with Gasteiger partial charge in [-0.2, -0.15) is 4.98 Å². The van der Waals surface area contributed by atoms with Crippen LogP contribution in [0, 0.1) is 5.82 Å². The van der Waals surface area contributed by atoms with Crippen molar-refractivity contribution in [1.29, 1.82) is 0 Å². The number of benzene rings is 1. The van der Waals surface area contributed by atoms with Crippen molar-refractivity contribution in [2.24, 2.45) is 0 Å². The zero-order chi connectivity index (χ0) is 22.9. The van der Waals surface area contributed by atoms with Crippen LogP contribution in [-0.4, -0.2) is 45.8 Å². The van der Waals surface area contributed by atoms with Crippen LogP contribution in [0.5, 0.6) is 0 Å². The summed E-state index contributed by atoms with van der Waals surface area (Å²) in [6, 6.07) is 6.45. The van der Waals surface area contributed by atoms with Crippen molar-refractivity contribution in [3.05, 3.63) is 40.7 Å². The van der Waals surface area contributed by atoms with Crippen LogP contribution in [0.25, 0.3) is 10.3 Å². The summed E-state index contributed by atoms with van der Waals surface area (Å²) in [5.74, 6) is 0.643. The fourth-order valence-electron chi connectivity index (χ4n) is 3.64. The minimum atomic E-state index is -0.541. The van der Waals surface area contributed by atoms with Crippen molar-refractivity contribution in [3.63, 3.8) is 0 Å². The SMILES string of the molecule is CC(C)(C)OC(=O)NC1CCN(c2nc(N)nc3sc(CCc4ccc(F)cc4)nc23)C1. The minimum absolute atomic E-state index is 0.0485. The predicted octanol–water partition coefficient (Wildman–Crippen LogP) is 3.70. The summed E-state index contributed by atoms with van der Waals surface area (Å²) in [6.07, 6.45) is 1.82. The number of nitrogens with two attached hydrogens (primary N) is 1. The summed E-state index contributed by atoms with van der Waals surface area (Å²) in [6.45, 7) is 6.82. The number of anilines is 2. The Labute approximate surface area is 190 Å². The number of thiazole rings is 1. The molecular formula is C22H27FN6O2S. The van der Waals surface area contributed by atoms with Crippen molar-refractivity contribution < 1.29 is 13.9 Å². The van der Waals surface area contributed by atoms with E-state index in [1.54, 1.807) is 12.1 Å². The van der Waals surface area contributed by atoms with E-state index in [1.807, 2.05) is 20.8 Å². The molecule has 1 saturated heterocycles. The number of nitrogens with one attached hydrogen (secondary N) is 1. The first-order valence-corrected chi connectivity index (χ1v) is 11.4. The van der Waals surface area contributed by atoms with E-state index in [0.717, 1.165) is 40.2 Å². The highest BCUT2D eigenvalue weighted by Crippen LogP contribution is 2.31. The number of carbonyl (C=O) groups is 1. The Morgan fingerprint density at radius 3 is 2.72 bits per heavy atom. The molecular weight excluding hydrogens is 431 g/mol. The van der Waals surface area contributed by atoms with E-state index >= 15 is 0 Å². The van der Waals surface area contributed by atoms with Crippen LogP contribution < -0.4 is 16.0 Å². The smallest absolute Gasteiger partial charge is 0.407 e. The molecule has 3 aromatic rings. The second-order valence-electron chi connectivity index (χ2n) is 8.87. The number of nitrogen functional groups attached to an aromatic ring is 1. The van der Waals surface area contributed by atoms with Gasteiger partial charge in [-0.1, -0.05) is 23.5 Å². The molecule has 0 aliphatic carbocycles. The quantitative estimate of drug-likeness (QED) is 0.600. The van der Waals surface area contributed by atoms with Crippen molar-refractivity contribution >= 4 is 39.5 Å². The molecule has 2 aromatic heterocycles. The van der Waals surface area contributed by atoms with Gasteiger partial charge in [-0.3, -0.25) is 0 Å². The molecule has 170 valence electrons. The third kappa shape index (κ3) is 5.42. The average molecular weight is 459 g/mol. The highest BCUT2D eigenvalue weighted by Gasteiger charge is 2.29. The number of aromatic nitrogens is 3. The molecule has 1 fully saturated rings. The Morgan fingerprint density at radius 1 is 1.25 bits per heavy atom. The van der Waals surface area contributed by atoms with Gasteiger partial charge in [0.25, 0.3) is 0 Å². The van der Waals surface area contributed by atoms with E-state index in [9.17, 15) is 9.18 Å². The van der Waals surface area contributed by atoms with Gasteiger partial charge in [0.15, 0.2) is 10.6 Å². The van der Waals surface area contributed by atoms with Gasteiger partial charge in [0.05, 0.1) is 11.0 Å². The molecule has 32 heavy (non-hydrogen) atoms. The monoisotopic (exact) mass is 458 g/mol. The van der Waals surface area contributed by atoms with Gasteiger partial charge in [0.1, 0.15) is 16.9 Å². The van der Waals surface area contributed by atoms with E-state index in [2.05, 4.69) is 20.2 Å². The number of fused-ring (bicyclic) bond motifs is 1. The summed E-state index contributed by atoms with van der Waals surface area (Å²) >= 11 is 1.49. The molecule has 1 aliphatic rings. The Morgan fingerprint density at radius 2 is 2.00 bits per heavy atom. The lowest BCUT2D eigenvalue weighted by molar-refractivity contribution is 0.0509. The number of ether oxygens (including phenoxy) is 1. The Kier molecular flexibility index (Phi) is 6.14. The lowest BCUT2D eigenvalue weighted by Gasteiger charge is -2.22. The third-order valence-corrected chi connectivity index (χ3v) is 6.06. The van der Waals surface area contributed by atoms with Gasteiger partial charge in [0.2, 0.25) is 5.95 Å². The van der Waals surface area contributed by atoms with Gasteiger partial charge in [0, 0.05) is 19.5 Å². The number of aryl methyl sites for hydroxylation is 2. The summed E-state index contributed by atoms with van der Waals surface area (Å²) in [5, 5.41) is 3.85. The molecule has 0 radical (unpaired) electrons. The minimum Gasteiger partial charge on any atom is -0.444 e. The number of nitrogens with zero attached hydrogens (tertiary/aromatic N) is 4. The van der Waals surface area contributed by atoms with E-state index in [0.29, 0.717) is 18.9 Å². The van der Waals surface area contributed by atoms with E-state index in [1.165, 1.54) is 23.5 Å². The van der Waals surface area contributed by atoms with Crippen LogP contribution in [0.3, 0.4) is 0 Å². The number of hydrogen-bond acceptors (Lipinski definition) is 8. The van der Waals surface area contributed by atoms with Gasteiger partial charge < -0.3 is 20.7 Å². The number of hydrogen-bond donors (Lipinski definition) is 2. The molecule has 1 atom stereocenters. The maximum absolute atomic E-state index is 13.1. The average Bonchev–Trinajstić information content (AvgIpc) is 3.32. The van der Waals surface area contributed by atoms with Crippen LogP contribution in [0.4, 0.5) is 21.0 Å². The fraction of sp³-hybridized carbons (Fsp3) is 0.455. The van der Waals surface area contributed by atoms with Gasteiger partial charge in [-0.05, 0) is 51.3 Å². The normalized spacial score (nSPS) is 16.5. The predicted molar refractivity (Wildman–Crippen MR) is 123 cm³/mol. The third-order valence-electron chi connectivity index (χ3n) is 5.05. The molecule has 1 aromatic carbocycles. The fourth-order valence-corrected chi connectivity index (χ4v) is 4.58. The maximum atomic E-state index is 13.1. The Balaban J connectivity index is 1.47. The number of carbonyl (C=O) groups excluding carboxylic acids is 1. The molecule has 0 spiro atoms. The standard InChI is InChI=1S/C22H27FN6O2S/c1-22(2,3)31-21(30)25-15-10-11-29(12-15)18-17-19(28-20(24)27-18)32-16(26-17)9-6-13-4-7-14(23)8-5-13/h4-5,7-8,15H,6,9-12H2,1-3H3,(H,25,30)(H2,24,27,28). The second-order valence-corrected chi connectivity index (χ2v) is 9.93. The first-order valence-electron chi connectivity index (χ1n) is 10.6. The molecule has 1 unspecified atom stereocenters. The lowest BCUT2D eigenvalue weighted by Crippen LogP contribution is -2.40. The lowest BCUT2D eigenvalue weighted by atomic mass is 10.1. The van der Waals surface area contributed by atoms with Crippen LogP contribution in [0.1, 0.15) is 37.8 Å². The first-order chi connectivity index (χ1) is 15.2. The molecule has 1 amide bonds. The number of rotatable bonds is 5. The van der Waals surface area contributed by atoms with Crippen LogP contribution >= 0.6 is 11.3 Å². The molecule has 8 nitrogen and oxygen atoms in total. The molecule has 3 heterocycles. The largest absolute Gasteiger partial charge is 0.444 e. The first kappa shape index (κ1) is 22.2. The van der Waals surface area contributed by atoms with Crippen LogP contribution in [-0.2, 0) is 17.6 Å². The van der Waals surface area contributed by atoms with E-state index in [4.69, 9.17) is 15.5 Å². The zero-order valence-corrected chi connectivity index (χ0v) is 19.2. The number of alkyl carbamates (subject to hydrolysis) is 1. The topological polar surface area (TPSA) is 106 Å². The van der Waals surface area contributed by atoms with Crippen LogP contribution in [0.2, 0.25) is 0 Å². The summed E-state index contributed by atoms with van der Waals surface area (Å²) in [5.41, 5.74) is 7.20. The van der Waals surface area contributed by atoms with Gasteiger partial charge in [-0.15, -0.1) is 0 Å². The second kappa shape index (κ2) is 8.85. The van der Waals surface area contributed by atoms with Crippen molar-refractivity contribution in [2.75, 3.05) is 23.7 Å². The van der Waals surface area contributed by atoms with E-state index < -0.39 is 11.7 Å². The molecule has 4 rings (SSSR count). The Bertz CT molecular complexity index is 1110. The number of amides is 1. The van der Waals surface area contributed by atoms with Gasteiger partial charge in [-0.25, -0.2) is 19.2 Å². The summed E-state index contributed by atoms with van der Waals surface area (Å²) in [7, 11) is 0. The molecule has 0 saturated carbocycles. The Hall–Kier alpha value is -3.01. The summed E-state index contributed by atoms with van der Waals surface area (Å²) in [4.78, 5) is 28.5. The highest BCUT2D eigenvalue weighted by atomic mass is 32.1. The van der Waals surface area contributed by atoms with Crippen molar-refractivity contribution in [2.45, 2.75) is 51.7 Å². The maximum Gasteiger partial charge on any atom is 0.407 e. The molecule has 0 bridgehead atoms. The highest BCUT2D eigenvalue weighted by molar-refractivity contribution is 7.18. The van der Waals surface area contributed by atoms with E-state index in [-0.39, 0.29) is 17.8 Å². The summed E-state index contributed by atoms with van der Waals surface area (Å²) < 4.78 is 18.5. The van der Waals surface area contributed by atoms with Gasteiger partial charge >= 0.3 is 6.09 Å². The zero-order valence-electron chi connectivity index (χ0n) is 18.4. The van der Waals surface area contributed by atoms with Crippen LogP contribution in [0.15, 0.2) is 24.3 Å². The molecule has 10 heteroatoms. The molecule has 1 aliphatic heterocycles. The molecule has 3 N–H and O–H groups in total.